The van der Waals surface area contributed by atoms with Crippen molar-refractivity contribution in [2.45, 2.75) is 32.6 Å². The normalized spacial score (nSPS) is 16.2. The second kappa shape index (κ2) is 5.72. The third-order valence-corrected chi connectivity index (χ3v) is 4.44. The number of aromatic nitrogens is 2. The molecule has 4 heteroatoms. The van der Waals surface area contributed by atoms with E-state index in [2.05, 4.69) is 23.8 Å². The third-order valence-electron chi connectivity index (χ3n) is 4.44. The van der Waals surface area contributed by atoms with Gasteiger partial charge in [-0.1, -0.05) is 6.07 Å². The van der Waals surface area contributed by atoms with E-state index < -0.39 is 0 Å². The fourth-order valence-corrected chi connectivity index (χ4v) is 2.91. The first-order chi connectivity index (χ1) is 10.1. The smallest absolute Gasteiger partial charge is 0.253 e. The lowest BCUT2D eigenvalue weighted by atomic mass is 9.95. The summed E-state index contributed by atoms with van der Waals surface area (Å²) in [6.45, 7) is 5.72. The summed E-state index contributed by atoms with van der Waals surface area (Å²) in [5.41, 5.74) is 3.20. The zero-order valence-electron chi connectivity index (χ0n) is 12.6. The van der Waals surface area contributed by atoms with Gasteiger partial charge in [0, 0.05) is 37.0 Å². The van der Waals surface area contributed by atoms with Crippen molar-refractivity contribution in [2.24, 2.45) is 0 Å². The molecule has 0 atom stereocenters. The highest BCUT2D eigenvalue weighted by Crippen LogP contribution is 2.26. The van der Waals surface area contributed by atoms with Crippen LogP contribution in [0.1, 0.15) is 46.1 Å². The van der Waals surface area contributed by atoms with Crippen LogP contribution in [0.4, 0.5) is 0 Å². The van der Waals surface area contributed by atoms with Crippen molar-refractivity contribution in [3.05, 3.63) is 53.1 Å². The van der Waals surface area contributed by atoms with Gasteiger partial charge in [0.2, 0.25) is 0 Å². The molecule has 3 rings (SSSR count). The number of rotatable bonds is 2. The Hall–Kier alpha value is -2.10. The molecule has 0 bridgehead atoms. The second-order valence-corrected chi connectivity index (χ2v) is 5.84. The van der Waals surface area contributed by atoms with Crippen molar-refractivity contribution in [3.63, 3.8) is 0 Å². The van der Waals surface area contributed by atoms with Gasteiger partial charge in [0.15, 0.2) is 0 Å². The predicted octanol–water partition coefficient (Wildman–Crippen LogP) is 3.05. The minimum absolute atomic E-state index is 0.149. The topological polar surface area (TPSA) is 49.0 Å². The number of hydrogen-bond donors (Lipinski definition) is 1. The van der Waals surface area contributed by atoms with E-state index in [-0.39, 0.29) is 5.91 Å². The van der Waals surface area contributed by atoms with Crippen LogP contribution in [0.2, 0.25) is 0 Å². The van der Waals surface area contributed by atoms with E-state index in [1.54, 1.807) is 6.20 Å². The van der Waals surface area contributed by atoms with Crippen LogP contribution in [0.5, 0.6) is 0 Å². The zero-order chi connectivity index (χ0) is 14.8. The molecule has 4 nitrogen and oxygen atoms in total. The largest absolute Gasteiger partial charge is 0.348 e. The van der Waals surface area contributed by atoms with Gasteiger partial charge >= 0.3 is 0 Å². The van der Waals surface area contributed by atoms with Crippen LogP contribution in [0.25, 0.3) is 0 Å². The number of aryl methyl sites for hydroxylation is 2. The fraction of sp³-hybridized carbons (Fsp3) is 0.412. The first kappa shape index (κ1) is 13.9. The van der Waals surface area contributed by atoms with Crippen LogP contribution in [0, 0.1) is 13.8 Å². The number of imidazole rings is 1. The van der Waals surface area contributed by atoms with Gasteiger partial charge in [0.05, 0.1) is 0 Å². The number of aromatic amines is 1. The average Bonchev–Trinajstić information content (AvgIpc) is 3.04. The maximum absolute atomic E-state index is 12.6. The summed E-state index contributed by atoms with van der Waals surface area (Å²) in [5.74, 6) is 1.65. The standard InChI is InChI=1S/C17H21N3O/c1-12-3-4-15(11-13(12)2)17(21)20-9-5-14(6-10-20)16-18-7-8-19-16/h3-4,7-8,11,14H,5-6,9-10H2,1-2H3,(H,18,19). The van der Waals surface area contributed by atoms with Crippen molar-refractivity contribution >= 4 is 5.91 Å². The van der Waals surface area contributed by atoms with E-state index in [0.717, 1.165) is 37.3 Å². The maximum atomic E-state index is 12.6. The van der Waals surface area contributed by atoms with Gasteiger partial charge in [0.1, 0.15) is 5.82 Å². The summed E-state index contributed by atoms with van der Waals surface area (Å²) in [6, 6.07) is 5.96. The molecule has 110 valence electrons. The first-order valence-electron chi connectivity index (χ1n) is 7.51. The Labute approximate surface area is 125 Å². The summed E-state index contributed by atoms with van der Waals surface area (Å²) in [4.78, 5) is 22.0. The van der Waals surface area contributed by atoms with E-state index in [0.29, 0.717) is 5.92 Å². The Morgan fingerprint density at radius 1 is 1.24 bits per heavy atom. The number of carbonyl (C=O) groups is 1. The number of hydrogen-bond acceptors (Lipinski definition) is 2. The van der Waals surface area contributed by atoms with E-state index >= 15 is 0 Å². The number of nitrogens with one attached hydrogen (secondary N) is 1. The van der Waals surface area contributed by atoms with Crippen LogP contribution in [0.15, 0.2) is 30.6 Å². The minimum Gasteiger partial charge on any atom is -0.348 e. The van der Waals surface area contributed by atoms with Crippen LogP contribution in [-0.2, 0) is 0 Å². The molecule has 1 saturated heterocycles. The van der Waals surface area contributed by atoms with E-state index in [1.165, 1.54) is 11.1 Å². The Balaban J connectivity index is 1.66. The highest BCUT2D eigenvalue weighted by molar-refractivity contribution is 5.94. The van der Waals surface area contributed by atoms with Crippen LogP contribution >= 0.6 is 0 Å². The van der Waals surface area contributed by atoms with Crippen LogP contribution in [-0.4, -0.2) is 33.9 Å². The molecule has 2 aromatic rings. The summed E-state index contributed by atoms with van der Waals surface area (Å²) in [7, 11) is 0. The van der Waals surface area contributed by atoms with Crippen molar-refractivity contribution < 1.29 is 4.79 Å². The molecule has 1 aliphatic rings. The molecule has 0 saturated carbocycles. The molecule has 1 aromatic heterocycles. The average molecular weight is 283 g/mol. The van der Waals surface area contributed by atoms with Gasteiger partial charge in [-0.2, -0.15) is 0 Å². The molecule has 0 radical (unpaired) electrons. The molecule has 1 amide bonds. The monoisotopic (exact) mass is 283 g/mol. The number of amides is 1. The Kier molecular flexibility index (Phi) is 3.78. The molecular formula is C17H21N3O. The lowest BCUT2D eigenvalue weighted by molar-refractivity contribution is 0.0711. The van der Waals surface area contributed by atoms with Crippen molar-refractivity contribution in [2.75, 3.05) is 13.1 Å². The first-order valence-corrected chi connectivity index (χ1v) is 7.51. The lowest BCUT2D eigenvalue weighted by Crippen LogP contribution is -2.38. The van der Waals surface area contributed by atoms with Gasteiger partial charge in [-0.05, 0) is 49.9 Å². The highest BCUT2D eigenvalue weighted by Gasteiger charge is 2.25. The lowest BCUT2D eigenvalue weighted by Gasteiger charge is -2.31. The Morgan fingerprint density at radius 3 is 2.62 bits per heavy atom. The summed E-state index contributed by atoms with van der Waals surface area (Å²) >= 11 is 0. The quantitative estimate of drug-likeness (QED) is 0.921. The molecule has 21 heavy (non-hydrogen) atoms. The SMILES string of the molecule is Cc1ccc(C(=O)N2CCC(c3ncc[nH]3)CC2)cc1C. The summed E-state index contributed by atoms with van der Waals surface area (Å²) in [5, 5.41) is 0. The molecule has 1 fully saturated rings. The van der Waals surface area contributed by atoms with Crippen LogP contribution in [0.3, 0.4) is 0 Å². The Morgan fingerprint density at radius 2 is 2.00 bits per heavy atom. The summed E-state index contributed by atoms with van der Waals surface area (Å²) < 4.78 is 0. The van der Waals surface area contributed by atoms with Crippen LogP contribution < -0.4 is 0 Å². The number of piperidine rings is 1. The van der Waals surface area contributed by atoms with Gasteiger partial charge in [-0.15, -0.1) is 0 Å². The molecule has 0 spiro atoms. The number of carbonyl (C=O) groups excluding carboxylic acids is 1. The van der Waals surface area contributed by atoms with Crippen molar-refractivity contribution in [1.29, 1.82) is 0 Å². The number of H-pyrrole nitrogens is 1. The third kappa shape index (κ3) is 2.84. The minimum atomic E-state index is 0.149. The number of benzene rings is 1. The van der Waals surface area contributed by atoms with E-state index in [4.69, 9.17) is 0 Å². The molecule has 0 aliphatic carbocycles. The number of likely N-dealkylation sites (tertiary alicyclic amines) is 1. The molecular weight excluding hydrogens is 262 g/mol. The molecule has 1 aromatic carbocycles. The second-order valence-electron chi connectivity index (χ2n) is 5.84. The van der Waals surface area contributed by atoms with Crippen molar-refractivity contribution in [1.82, 2.24) is 14.9 Å². The van der Waals surface area contributed by atoms with E-state index in [9.17, 15) is 4.79 Å². The number of nitrogens with zero attached hydrogens (tertiary/aromatic N) is 2. The van der Waals surface area contributed by atoms with Gasteiger partial charge in [-0.25, -0.2) is 4.98 Å². The maximum Gasteiger partial charge on any atom is 0.253 e. The van der Waals surface area contributed by atoms with Gasteiger partial charge in [0.25, 0.3) is 5.91 Å². The van der Waals surface area contributed by atoms with Gasteiger partial charge in [-0.3, -0.25) is 4.79 Å². The van der Waals surface area contributed by atoms with E-state index in [1.807, 2.05) is 29.3 Å². The molecule has 2 heterocycles. The fourth-order valence-electron chi connectivity index (χ4n) is 2.91. The predicted molar refractivity (Wildman–Crippen MR) is 82.4 cm³/mol. The molecule has 0 unspecified atom stereocenters. The van der Waals surface area contributed by atoms with Gasteiger partial charge < -0.3 is 9.88 Å². The molecule has 1 N–H and O–H groups in total. The Bertz CT molecular complexity index is 625. The summed E-state index contributed by atoms with van der Waals surface area (Å²) in [6.07, 6.45) is 5.61. The zero-order valence-corrected chi connectivity index (χ0v) is 12.6. The van der Waals surface area contributed by atoms with Crippen molar-refractivity contribution in [3.8, 4) is 0 Å². The highest BCUT2D eigenvalue weighted by atomic mass is 16.2. The molecule has 1 aliphatic heterocycles.